The van der Waals surface area contributed by atoms with Gasteiger partial charge in [-0.2, -0.15) is 0 Å². The number of sulfonamides is 1. The zero-order chi connectivity index (χ0) is 11.6. The normalized spacial score (nSPS) is 17.8. The lowest BCUT2D eigenvalue weighted by Crippen LogP contribution is -2.26. The topological polar surface area (TPSA) is 46.6 Å². The molecule has 0 saturated carbocycles. The molecule has 1 saturated heterocycles. The Labute approximate surface area is 95.8 Å². The minimum absolute atomic E-state index is 0.314. The predicted octanol–water partition coefficient (Wildman–Crippen LogP) is 1.58. The van der Waals surface area contributed by atoms with Gasteiger partial charge in [-0.1, -0.05) is 23.5 Å². The molecule has 0 aliphatic carbocycles. The second kappa shape index (κ2) is 4.53. The van der Waals surface area contributed by atoms with Crippen LogP contribution in [0.3, 0.4) is 0 Å². The van der Waals surface area contributed by atoms with E-state index in [0.717, 1.165) is 22.9 Å². The highest BCUT2D eigenvalue weighted by molar-refractivity contribution is 7.89. The Bertz CT molecular complexity index is 464. The summed E-state index contributed by atoms with van der Waals surface area (Å²) in [7, 11) is -3.46. The van der Waals surface area contributed by atoms with Gasteiger partial charge >= 0.3 is 0 Å². The quantitative estimate of drug-likeness (QED) is 0.807. The zero-order valence-electron chi connectivity index (χ0n) is 9.22. The first kappa shape index (κ1) is 11.6. The maximum absolute atomic E-state index is 12.1. The molecular formula is C11H15NO3S. The number of aryl methyl sites for hydroxylation is 1. The number of hydroxylamine groups is 1. The molecule has 1 aliphatic rings. The SMILES string of the molecule is CCc1cccc(S(=O)(=O)N2CCCO2)c1. The van der Waals surface area contributed by atoms with Gasteiger partial charge in [0.15, 0.2) is 0 Å². The molecule has 0 atom stereocenters. The van der Waals surface area contributed by atoms with Crippen LogP contribution in [0.25, 0.3) is 0 Å². The minimum atomic E-state index is -3.46. The van der Waals surface area contributed by atoms with Crippen LogP contribution in [0, 0.1) is 0 Å². The summed E-state index contributed by atoms with van der Waals surface area (Å²) in [5, 5.41) is 0. The highest BCUT2D eigenvalue weighted by Crippen LogP contribution is 2.20. The van der Waals surface area contributed by atoms with Crippen molar-refractivity contribution in [3.63, 3.8) is 0 Å². The Balaban J connectivity index is 2.34. The van der Waals surface area contributed by atoms with E-state index in [-0.39, 0.29) is 0 Å². The molecule has 0 amide bonds. The van der Waals surface area contributed by atoms with Crippen molar-refractivity contribution in [2.24, 2.45) is 0 Å². The summed E-state index contributed by atoms with van der Waals surface area (Å²) in [6.45, 7) is 2.92. The van der Waals surface area contributed by atoms with Crippen LogP contribution in [-0.2, 0) is 21.3 Å². The summed E-state index contributed by atoms with van der Waals surface area (Å²) < 4.78 is 25.3. The molecule has 0 N–H and O–H groups in total. The fraction of sp³-hybridized carbons (Fsp3) is 0.455. The van der Waals surface area contributed by atoms with Crippen molar-refractivity contribution in [3.05, 3.63) is 29.8 Å². The first-order valence-electron chi connectivity index (χ1n) is 5.39. The van der Waals surface area contributed by atoms with Crippen molar-refractivity contribution in [2.45, 2.75) is 24.7 Å². The van der Waals surface area contributed by atoms with Crippen LogP contribution in [0.2, 0.25) is 0 Å². The summed E-state index contributed by atoms with van der Waals surface area (Å²) in [4.78, 5) is 5.40. The lowest BCUT2D eigenvalue weighted by Gasteiger charge is -2.14. The molecule has 0 radical (unpaired) electrons. The molecule has 1 fully saturated rings. The zero-order valence-corrected chi connectivity index (χ0v) is 10.0. The second-order valence-corrected chi connectivity index (χ2v) is 5.55. The highest BCUT2D eigenvalue weighted by atomic mass is 32.2. The average molecular weight is 241 g/mol. The Hall–Kier alpha value is -0.910. The fourth-order valence-electron chi connectivity index (χ4n) is 1.66. The third-order valence-corrected chi connectivity index (χ3v) is 4.27. The molecular weight excluding hydrogens is 226 g/mol. The van der Waals surface area contributed by atoms with Gasteiger partial charge in [-0.15, -0.1) is 0 Å². The van der Waals surface area contributed by atoms with Crippen molar-refractivity contribution >= 4 is 10.0 Å². The molecule has 1 aliphatic heterocycles. The first-order chi connectivity index (χ1) is 7.64. The van der Waals surface area contributed by atoms with Crippen LogP contribution < -0.4 is 0 Å². The minimum Gasteiger partial charge on any atom is -0.284 e. The van der Waals surface area contributed by atoms with E-state index in [9.17, 15) is 8.42 Å². The smallest absolute Gasteiger partial charge is 0.265 e. The first-order valence-corrected chi connectivity index (χ1v) is 6.83. The second-order valence-electron chi connectivity index (χ2n) is 3.72. The molecule has 5 heteroatoms. The molecule has 0 spiro atoms. The van der Waals surface area contributed by atoms with Crippen LogP contribution >= 0.6 is 0 Å². The van der Waals surface area contributed by atoms with Gasteiger partial charge < -0.3 is 0 Å². The maximum atomic E-state index is 12.1. The van der Waals surface area contributed by atoms with Gasteiger partial charge in [0.05, 0.1) is 11.5 Å². The molecule has 1 aromatic rings. The summed E-state index contributed by atoms with van der Waals surface area (Å²) >= 11 is 0. The largest absolute Gasteiger partial charge is 0.284 e. The molecule has 16 heavy (non-hydrogen) atoms. The van der Waals surface area contributed by atoms with Gasteiger partial charge in [0.1, 0.15) is 0 Å². The monoisotopic (exact) mass is 241 g/mol. The molecule has 0 aromatic heterocycles. The summed E-state index contributed by atoms with van der Waals surface area (Å²) in [6, 6.07) is 7.00. The van der Waals surface area contributed by atoms with Gasteiger partial charge in [0, 0.05) is 6.54 Å². The van der Waals surface area contributed by atoms with Gasteiger partial charge in [-0.05, 0) is 30.5 Å². The number of hydrogen-bond donors (Lipinski definition) is 0. The van der Waals surface area contributed by atoms with Gasteiger partial charge in [0.25, 0.3) is 10.0 Å². The lowest BCUT2D eigenvalue weighted by molar-refractivity contribution is -0.0284. The predicted molar refractivity (Wildman–Crippen MR) is 60.3 cm³/mol. The standard InChI is InChI=1S/C11H15NO3S/c1-2-10-5-3-6-11(9-10)16(13,14)12-7-4-8-15-12/h3,5-6,9H,2,4,7-8H2,1H3. The van der Waals surface area contributed by atoms with E-state index in [2.05, 4.69) is 0 Å². The van der Waals surface area contributed by atoms with E-state index in [0.29, 0.717) is 18.0 Å². The third-order valence-electron chi connectivity index (χ3n) is 2.59. The van der Waals surface area contributed by atoms with E-state index in [1.54, 1.807) is 18.2 Å². The summed E-state index contributed by atoms with van der Waals surface area (Å²) in [5.41, 5.74) is 1.01. The number of rotatable bonds is 3. The van der Waals surface area contributed by atoms with E-state index < -0.39 is 10.0 Å². The van der Waals surface area contributed by atoms with Crippen molar-refractivity contribution in [1.82, 2.24) is 4.47 Å². The van der Waals surface area contributed by atoms with Crippen molar-refractivity contribution in [3.8, 4) is 0 Å². The molecule has 4 nitrogen and oxygen atoms in total. The third kappa shape index (κ3) is 2.11. The number of benzene rings is 1. The van der Waals surface area contributed by atoms with Gasteiger partial charge in [-0.3, -0.25) is 4.84 Å². The van der Waals surface area contributed by atoms with Crippen LogP contribution in [0.4, 0.5) is 0 Å². The fourth-order valence-corrected chi connectivity index (χ4v) is 3.03. The van der Waals surface area contributed by atoms with Crippen LogP contribution in [0.1, 0.15) is 18.9 Å². The van der Waals surface area contributed by atoms with Crippen LogP contribution in [0.15, 0.2) is 29.2 Å². The Morgan fingerprint density at radius 2 is 2.25 bits per heavy atom. The van der Waals surface area contributed by atoms with E-state index >= 15 is 0 Å². The van der Waals surface area contributed by atoms with Crippen LogP contribution in [-0.4, -0.2) is 26.0 Å². The van der Waals surface area contributed by atoms with Crippen molar-refractivity contribution < 1.29 is 13.3 Å². The Morgan fingerprint density at radius 1 is 1.44 bits per heavy atom. The van der Waals surface area contributed by atoms with Crippen LogP contribution in [0.5, 0.6) is 0 Å². The van der Waals surface area contributed by atoms with E-state index in [1.165, 1.54) is 0 Å². The van der Waals surface area contributed by atoms with Crippen molar-refractivity contribution in [1.29, 1.82) is 0 Å². The highest BCUT2D eigenvalue weighted by Gasteiger charge is 2.28. The Morgan fingerprint density at radius 3 is 2.88 bits per heavy atom. The lowest BCUT2D eigenvalue weighted by atomic mass is 10.2. The van der Waals surface area contributed by atoms with E-state index in [4.69, 9.17) is 4.84 Å². The molecule has 1 heterocycles. The number of hydrogen-bond acceptors (Lipinski definition) is 3. The molecule has 88 valence electrons. The van der Waals surface area contributed by atoms with Gasteiger partial charge in [0.2, 0.25) is 0 Å². The molecule has 1 aromatic carbocycles. The van der Waals surface area contributed by atoms with Gasteiger partial charge in [-0.25, -0.2) is 8.42 Å². The molecule has 0 bridgehead atoms. The molecule has 2 rings (SSSR count). The molecule has 0 unspecified atom stereocenters. The Kier molecular flexibility index (Phi) is 3.28. The van der Waals surface area contributed by atoms with Crippen molar-refractivity contribution in [2.75, 3.05) is 13.2 Å². The summed E-state index contributed by atoms with van der Waals surface area (Å²) in [6.07, 6.45) is 1.58. The average Bonchev–Trinajstić information content (AvgIpc) is 2.83. The number of nitrogens with zero attached hydrogens (tertiary/aromatic N) is 1. The summed E-state index contributed by atoms with van der Waals surface area (Å²) in [5.74, 6) is 0. The van der Waals surface area contributed by atoms with E-state index in [1.807, 2.05) is 13.0 Å². The maximum Gasteiger partial charge on any atom is 0.265 e.